The van der Waals surface area contributed by atoms with E-state index in [0.717, 1.165) is 30.5 Å². The van der Waals surface area contributed by atoms with Crippen LogP contribution in [-0.4, -0.2) is 25.4 Å². The Balaban J connectivity index is 1.63. The Morgan fingerprint density at radius 2 is 1.89 bits per heavy atom. The normalized spacial score (nSPS) is 18.9. The number of fused-ring (bicyclic) bond motifs is 2. The third kappa shape index (κ3) is 3.15. The zero-order valence-corrected chi connectivity index (χ0v) is 15.3. The highest BCUT2D eigenvalue weighted by atomic mass is 19.4. The van der Waals surface area contributed by atoms with Crippen molar-refractivity contribution in [2.75, 3.05) is 23.4 Å². The van der Waals surface area contributed by atoms with Crippen LogP contribution in [0.4, 0.5) is 24.5 Å². The van der Waals surface area contributed by atoms with Crippen molar-refractivity contribution in [2.24, 2.45) is 0 Å². The summed E-state index contributed by atoms with van der Waals surface area (Å²) in [4.78, 5) is 27.8. The lowest BCUT2D eigenvalue weighted by Gasteiger charge is -2.35. The Kier molecular flexibility index (Phi) is 4.40. The highest BCUT2D eigenvalue weighted by molar-refractivity contribution is 6.11. The maximum absolute atomic E-state index is 13.1. The summed E-state index contributed by atoms with van der Waals surface area (Å²) >= 11 is 0. The van der Waals surface area contributed by atoms with Gasteiger partial charge in [-0.1, -0.05) is 24.3 Å². The summed E-state index contributed by atoms with van der Waals surface area (Å²) in [5.74, 6) is -0.590. The van der Waals surface area contributed by atoms with Crippen molar-refractivity contribution in [1.29, 1.82) is 0 Å². The van der Waals surface area contributed by atoms with Crippen LogP contribution in [0.25, 0.3) is 0 Å². The quantitative estimate of drug-likeness (QED) is 0.776. The van der Waals surface area contributed by atoms with Crippen LogP contribution in [0, 0.1) is 0 Å². The molecule has 1 aliphatic carbocycles. The molecule has 4 rings (SSSR count). The number of carbonyl (C=O) groups excluding carboxylic acids is 2. The molecule has 0 spiro atoms. The summed E-state index contributed by atoms with van der Waals surface area (Å²) in [6.45, 7) is -0.165. The molecular weight excluding hydrogens is 369 g/mol. The first-order valence-corrected chi connectivity index (χ1v) is 9.11. The molecular formula is C21H19F3N2O2. The van der Waals surface area contributed by atoms with Crippen LogP contribution in [0.15, 0.2) is 42.5 Å². The van der Waals surface area contributed by atoms with Gasteiger partial charge in [0.15, 0.2) is 0 Å². The predicted octanol–water partition coefficient (Wildman–Crippen LogP) is 4.13. The summed E-state index contributed by atoms with van der Waals surface area (Å²) in [6.07, 6.45) is -2.53. The molecule has 1 atom stereocenters. The Labute approximate surface area is 160 Å². The van der Waals surface area contributed by atoms with Crippen LogP contribution >= 0.6 is 0 Å². The lowest BCUT2D eigenvalue weighted by atomic mass is 9.96. The number of likely N-dealkylation sites (N-methyl/N-ethyl adjacent to an activating group) is 1. The van der Waals surface area contributed by atoms with E-state index >= 15 is 0 Å². The van der Waals surface area contributed by atoms with Gasteiger partial charge in [0.05, 0.1) is 16.9 Å². The van der Waals surface area contributed by atoms with Crippen LogP contribution in [0.5, 0.6) is 0 Å². The Morgan fingerprint density at radius 1 is 1.14 bits per heavy atom. The van der Waals surface area contributed by atoms with Gasteiger partial charge in [-0.25, -0.2) is 0 Å². The van der Waals surface area contributed by atoms with Gasteiger partial charge >= 0.3 is 6.18 Å². The molecule has 4 nitrogen and oxygen atoms in total. The van der Waals surface area contributed by atoms with E-state index in [0.29, 0.717) is 5.69 Å². The molecule has 1 unspecified atom stereocenters. The molecule has 7 heteroatoms. The van der Waals surface area contributed by atoms with Crippen LogP contribution in [0.1, 0.15) is 35.4 Å². The van der Waals surface area contributed by atoms with Gasteiger partial charge in [0.1, 0.15) is 6.54 Å². The van der Waals surface area contributed by atoms with E-state index < -0.39 is 17.6 Å². The lowest BCUT2D eigenvalue weighted by molar-refractivity contribution is -0.137. The topological polar surface area (TPSA) is 40.6 Å². The predicted molar refractivity (Wildman–Crippen MR) is 99.3 cm³/mol. The fraction of sp³-hybridized carbons (Fsp3) is 0.333. The third-order valence-electron chi connectivity index (χ3n) is 5.60. The zero-order chi connectivity index (χ0) is 20.1. The van der Waals surface area contributed by atoms with Crippen molar-refractivity contribution in [2.45, 2.75) is 31.4 Å². The van der Waals surface area contributed by atoms with Gasteiger partial charge in [-0.05, 0) is 48.1 Å². The van der Waals surface area contributed by atoms with E-state index in [4.69, 9.17) is 0 Å². The number of amides is 2. The second kappa shape index (κ2) is 6.65. The summed E-state index contributed by atoms with van der Waals surface area (Å²) < 4.78 is 39.2. The number of anilines is 2. The minimum atomic E-state index is -4.52. The summed E-state index contributed by atoms with van der Waals surface area (Å²) in [7, 11) is 1.43. The van der Waals surface area contributed by atoms with Gasteiger partial charge in [0, 0.05) is 13.5 Å². The molecule has 1 aliphatic heterocycles. The molecule has 0 radical (unpaired) electrons. The minimum absolute atomic E-state index is 0.0661. The molecule has 1 heterocycles. The van der Waals surface area contributed by atoms with E-state index in [2.05, 4.69) is 0 Å². The van der Waals surface area contributed by atoms with E-state index in [1.807, 2.05) is 24.3 Å². The van der Waals surface area contributed by atoms with Gasteiger partial charge in [0.25, 0.3) is 0 Å². The molecule has 0 saturated heterocycles. The minimum Gasteiger partial charge on any atom is -0.312 e. The average molecular weight is 388 g/mol. The van der Waals surface area contributed by atoms with Crippen molar-refractivity contribution < 1.29 is 22.8 Å². The average Bonchev–Trinajstić information content (AvgIpc) is 3.06. The molecule has 146 valence electrons. The second-order valence-electron chi connectivity index (χ2n) is 7.27. The first kappa shape index (κ1) is 18.5. The molecule has 0 bridgehead atoms. The second-order valence-corrected chi connectivity index (χ2v) is 7.27. The Bertz CT molecular complexity index is 955. The van der Waals surface area contributed by atoms with Crippen LogP contribution in [0.2, 0.25) is 0 Å². The van der Waals surface area contributed by atoms with Crippen molar-refractivity contribution in [3.05, 3.63) is 59.2 Å². The van der Waals surface area contributed by atoms with Crippen LogP contribution in [0.3, 0.4) is 0 Å². The molecule has 2 aromatic carbocycles. The zero-order valence-electron chi connectivity index (χ0n) is 15.3. The summed E-state index contributed by atoms with van der Waals surface area (Å²) in [6, 6.07) is 11.1. The van der Waals surface area contributed by atoms with Gasteiger partial charge in [-0.2, -0.15) is 13.2 Å². The summed E-state index contributed by atoms with van der Waals surface area (Å²) in [5.41, 5.74) is 1.97. The first-order valence-electron chi connectivity index (χ1n) is 9.11. The van der Waals surface area contributed by atoms with E-state index in [9.17, 15) is 22.8 Å². The number of nitrogens with zero attached hydrogens (tertiary/aromatic N) is 2. The molecule has 2 aromatic rings. The number of rotatable bonds is 2. The monoisotopic (exact) mass is 388 g/mol. The van der Waals surface area contributed by atoms with Crippen LogP contribution < -0.4 is 9.80 Å². The third-order valence-corrected chi connectivity index (χ3v) is 5.60. The standard InChI is InChI=1S/C21H19F3N2O2/c1-25-18-11-15(21(22,23)24)8-9-17(18)26(12-20(25)28)19(27)10-14-7-6-13-4-2-3-5-16(13)14/h2-5,8-9,11,14H,6-7,10,12H2,1H3. The first-order chi connectivity index (χ1) is 13.3. The maximum Gasteiger partial charge on any atom is 0.416 e. The van der Waals surface area contributed by atoms with Crippen LogP contribution in [-0.2, 0) is 22.2 Å². The smallest absolute Gasteiger partial charge is 0.312 e. The van der Waals surface area contributed by atoms with E-state index in [1.165, 1.54) is 28.5 Å². The SMILES string of the molecule is CN1C(=O)CN(C(=O)CC2CCc3ccccc32)c2ccc(C(F)(F)F)cc21. The maximum atomic E-state index is 13.1. The Hall–Kier alpha value is -2.83. The molecule has 2 aliphatic rings. The number of alkyl halides is 3. The van der Waals surface area contributed by atoms with Crippen molar-refractivity contribution in [1.82, 2.24) is 0 Å². The number of carbonyl (C=O) groups is 2. The Morgan fingerprint density at radius 3 is 2.64 bits per heavy atom. The number of halogens is 3. The van der Waals surface area contributed by atoms with E-state index in [1.54, 1.807) is 0 Å². The van der Waals surface area contributed by atoms with E-state index in [-0.39, 0.29) is 30.5 Å². The molecule has 0 saturated carbocycles. The molecule has 2 amide bonds. The lowest BCUT2D eigenvalue weighted by Crippen LogP contribution is -2.47. The number of hydrogen-bond donors (Lipinski definition) is 0. The summed E-state index contributed by atoms with van der Waals surface area (Å²) in [5, 5.41) is 0. The molecule has 28 heavy (non-hydrogen) atoms. The van der Waals surface area contributed by atoms with Gasteiger partial charge in [-0.15, -0.1) is 0 Å². The van der Waals surface area contributed by atoms with Gasteiger partial charge in [-0.3, -0.25) is 9.59 Å². The van der Waals surface area contributed by atoms with Crippen molar-refractivity contribution in [3.63, 3.8) is 0 Å². The number of aryl methyl sites for hydroxylation is 1. The van der Waals surface area contributed by atoms with Crippen molar-refractivity contribution >= 4 is 23.2 Å². The molecule has 0 N–H and O–H groups in total. The fourth-order valence-corrected chi connectivity index (χ4v) is 4.06. The molecule has 0 aromatic heterocycles. The molecule has 0 fully saturated rings. The fourth-order valence-electron chi connectivity index (χ4n) is 4.06. The number of benzene rings is 2. The highest BCUT2D eigenvalue weighted by Gasteiger charge is 2.36. The largest absolute Gasteiger partial charge is 0.416 e. The van der Waals surface area contributed by atoms with Gasteiger partial charge in [0.2, 0.25) is 11.8 Å². The highest BCUT2D eigenvalue weighted by Crippen LogP contribution is 2.40. The number of hydrogen-bond acceptors (Lipinski definition) is 2. The van der Waals surface area contributed by atoms with Crippen molar-refractivity contribution in [3.8, 4) is 0 Å². The van der Waals surface area contributed by atoms with Gasteiger partial charge < -0.3 is 9.80 Å².